The SMILES string of the molecule is COCCOCCCc1cnc[nH]1. The van der Waals surface area contributed by atoms with Gasteiger partial charge in [-0.2, -0.15) is 0 Å². The molecule has 0 amide bonds. The van der Waals surface area contributed by atoms with Crippen LogP contribution in [0.15, 0.2) is 12.5 Å². The summed E-state index contributed by atoms with van der Waals surface area (Å²) in [5.41, 5.74) is 1.16. The van der Waals surface area contributed by atoms with Gasteiger partial charge in [-0.3, -0.25) is 0 Å². The fourth-order valence-electron chi connectivity index (χ4n) is 1.03. The molecule has 0 aliphatic rings. The molecule has 0 aliphatic heterocycles. The van der Waals surface area contributed by atoms with Crippen LogP contribution in [-0.2, 0) is 15.9 Å². The van der Waals surface area contributed by atoms with E-state index in [4.69, 9.17) is 9.47 Å². The van der Waals surface area contributed by atoms with Crippen LogP contribution in [0.25, 0.3) is 0 Å². The fourth-order valence-corrected chi connectivity index (χ4v) is 1.03. The van der Waals surface area contributed by atoms with Crippen molar-refractivity contribution < 1.29 is 9.47 Å². The van der Waals surface area contributed by atoms with Gasteiger partial charge in [0, 0.05) is 25.6 Å². The first-order valence-electron chi connectivity index (χ1n) is 4.47. The molecule has 0 fully saturated rings. The first kappa shape index (κ1) is 10.2. The molecule has 1 rings (SSSR count). The van der Waals surface area contributed by atoms with Crippen molar-refractivity contribution in [3.05, 3.63) is 18.2 Å². The molecular formula is C9H16N2O2. The Morgan fingerprint density at radius 1 is 1.38 bits per heavy atom. The fraction of sp³-hybridized carbons (Fsp3) is 0.667. The molecule has 4 nitrogen and oxygen atoms in total. The second-order valence-electron chi connectivity index (χ2n) is 2.79. The Morgan fingerprint density at radius 3 is 3.00 bits per heavy atom. The van der Waals surface area contributed by atoms with Gasteiger partial charge in [-0.15, -0.1) is 0 Å². The molecule has 13 heavy (non-hydrogen) atoms. The third-order valence-electron chi connectivity index (χ3n) is 1.72. The maximum Gasteiger partial charge on any atom is 0.0921 e. The average molecular weight is 184 g/mol. The second-order valence-corrected chi connectivity index (χ2v) is 2.79. The van der Waals surface area contributed by atoms with Crippen molar-refractivity contribution in [2.75, 3.05) is 26.9 Å². The number of imidazole rings is 1. The van der Waals surface area contributed by atoms with Crippen LogP contribution in [-0.4, -0.2) is 36.9 Å². The zero-order chi connectivity index (χ0) is 9.36. The Balaban J connectivity index is 1.90. The molecule has 0 radical (unpaired) electrons. The van der Waals surface area contributed by atoms with Gasteiger partial charge in [0.1, 0.15) is 0 Å². The van der Waals surface area contributed by atoms with Gasteiger partial charge in [0.05, 0.1) is 19.5 Å². The molecule has 0 unspecified atom stereocenters. The highest BCUT2D eigenvalue weighted by Gasteiger charge is 1.93. The highest BCUT2D eigenvalue weighted by Crippen LogP contribution is 1.96. The highest BCUT2D eigenvalue weighted by atomic mass is 16.5. The van der Waals surface area contributed by atoms with Gasteiger partial charge in [-0.05, 0) is 12.8 Å². The average Bonchev–Trinajstić information content (AvgIpc) is 2.63. The molecule has 0 aliphatic carbocycles. The predicted molar refractivity (Wildman–Crippen MR) is 49.6 cm³/mol. The van der Waals surface area contributed by atoms with E-state index in [-0.39, 0.29) is 0 Å². The van der Waals surface area contributed by atoms with E-state index >= 15 is 0 Å². The number of methoxy groups -OCH3 is 1. The van der Waals surface area contributed by atoms with E-state index in [1.54, 1.807) is 13.4 Å². The van der Waals surface area contributed by atoms with Gasteiger partial charge in [0.25, 0.3) is 0 Å². The van der Waals surface area contributed by atoms with Crippen molar-refractivity contribution in [3.63, 3.8) is 0 Å². The van der Waals surface area contributed by atoms with Crippen LogP contribution in [0.1, 0.15) is 12.1 Å². The maximum atomic E-state index is 5.31. The summed E-state index contributed by atoms with van der Waals surface area (Å²) in [4.78, 5) is 6.98. The largest absolute Gasteiger partial charge is 0.382 e. The summed E-state index contributed by atoms with van der Waals surface area (Å²) in [7, 11) is 1.67. The van der Waals surface area contributed by atoms with E-state index in [2.05, 4.69) is 9.97 Å². The van der Waals surface area contributed by atoms with Gasteiger partial charge in [0.2, 0.25) is 0 Å². The zero-order valence-corrected chi connectivity index (χ0v) is 7.95. The molecule has 0 aromatic carbocycles. The predicted octanol–water partition coefficient (Wildman–Crippen LogP) is 1.01. The first-order valence-corrected chi connectivity index (χ1v) is 4.47. The Morgan fingerprint density at radius 2 is 2.31 bits per heavy atom. The van der Waals surface area contributed by atoms with Crippen molar-refractivity contribution in [1.82, 2.24) is 9.97 Å². The quantitative estimate of drug-likeness (QED) is 0.643. The Hall–Kier alpha value is -0.870. The topological polar surface area (TPSA) is 47.1 Å². The van der Waals surface area contributed by atoms with Crippen molar-refractivity contribution in [3.8, 4) is 0 Å². The second kappa shape index (κ2) is 6.62. The van der Waals surface area contributed by atoms with Crippen molar-refractivity contribution in [2.24, 2.45) is 0 Å². The number of aromatic nitrogens is 2. The molecule has 0 spiro atoms. The molecule has 74 valence electrons. The summed E-state index contributed by atoms with van der Waals surface area (Å²) in [5, 5.41) is 0. The number of aryl methyl sites for hydroxylation is 1. The molecule has 4 heteroatoms. The van der Waals surface area contributed by atoms with Crippen molar-refractivity contribution in [1.29, 1.82) is 0 Å². The van der Waals surface area contributed by atoms with E-state index < -0.39 is 0 Å². The van der Waals surface area contributed by atoms with E-state index in [0.717, 1.165) is 25.1 Å². The number of aromatic amines is 1. The van der Waals surface area contributed by atoms with Crippen LogP contribution in [0.3, 0.4) is 0 Å². The monoisotopic (exact) mass is 184 g/mol. The number of rotatable bonds is 7. The summed E-state index contributed by atoms with van der Waals surface area (Å²) in [6.07, 6.45) is 5.55. The van der Waals surface area contributed by atoms with Crippen molar-refractivity contribution >= 4 is 0 Å². The maximum absolute atomic E-state index is 5.31. The molecule has 0 bridgehead atoms. The van der Waals surface area contributed by atoms with Gasteiger partial charge in [-0.1, -0.05) is 0 Å². The molecule has 0 atom stereocenters. The molecule has 1 heterocycles. The van der Waals surface area contributed by atoms with Crippen LogP contribution < -0.4 is 0 Å². The standard InChI is InChI=1S/C9H16N2O2/c1-12-5-6-13-4-2-3-9-7-10-8-11-9/h7-8H,2-6H2,1H3,(H,10,11). The Labute approximate surface area is 78.3 Å². The Bertz CT molecular complexity index is 199. The minimum Gasteiger partial charge on any atom is -0.382 e. The minimum atomic E-state index is 0.671. The lowest BCUT2D eigenvalue weighted by atomic mass is 10.3. The number of H-pyrrole nitrogens is 1. The zero-order valence-electron chi connectivity index (χ0n) is 7.95. The van der Waals surface area contributed by atoms with E-state index in [1.165, 1.54) is 0 Å². The molecule has 0 saturated carbocycles. The number of nitrogens with one attached hydrogen (secondary N) is 1. The van der Waals surface area contributed by atoms with Crippen LogP contribution >= 0.6 is 0 Å². The lowest BCUT2D eigenvalue weighted by Gasteiger charge is -2.01. The summed E-state index contributed by atoms with van der Waals surface area (Å²) in [5.74, 6) is 0. The van der Waals surface area contributed by atoms with E-state index in [0.29, 0.717) is 13.2 Å². The first-order chi connectivity index (χ1) is 6.43. The number of hydrogen-bond donors (Lipinski definition) is 1. The molecular weight excluding hydrogens is 168 g/mol. The summed E-state index contributed by atoms with van der Waals surface area (Å²) >= 11 is 0. The smallest absolute Gasteiger partial charge is 0.0921 e. The summed E-state index contributed by atoms with van der Waals surface area (Å²) in [6.45, 7) is 2.13. The van der Waals surface area contributed by atoms with Crippen LogP contribution in [0.5, 0.6) is 0 Å². The molecule has 0 saturated heterocycles. The van der Waals surface area contributed by atoms with E-state index in [9.17, 15) is 0 Å². The van der Waals surface area contributed by atoms with Crippen LogP contribution in [0.2, 0.25) is 0 Å². The lowest BCUT2D eigenvalue weighted by Crippen LogP contribution is -2.03. The number of ether oxygens (including phenoxy) is 2. The van der Waals surface area contributed by atoms with Crippen LogP contribution in [0, 0.1) is 0 Å². The third kappa shape index (κ3) is 4.65. The number of nitrogens with zero attached hydrogens (tertiary/aromatic N) is 1. The molecule has 1 aromatic heterocycles. The van der Waals surface area contributed by atoms with E-state index in [1.807, 2.05) is 6.20 Å². The minimum absolute atomic E-state index is 0.671. The summed E-state index contributed by atoms with van der Waals surface area (Å²) < 4.78 is 10.2. The lowest BCUT2D eigenvalue weighted by molar-refractivity contribution is 0.0695. The normalized spacial score (nSPS) is 10.5. The number of hydrogen-bond acceptors (Lipinski definition) is 3. The summed E-state index contributed by atoms with van der Waals surface area (Å²) in [6, 6.07) is 0. The van der Waals surface area contributed by atoms with Gasteiger partial charge in [0.15, 0.2) is 0 Å². The third-order valence-corrected chi connectivity index (χ3v) is 1.72. The van der Waals surface area contributed by atoms with Crippen LogP contribution in [0.4, 0.5) is 0 Å². The van der Waals surface area contributed by atoms with Gasteiger partial charge >= 0.3 is 0 Å². The molecule has 1 N–H and O–H groups in total. The van der Waals surface area contributed by atoms with Gasteiger partial charge in [-0.25, -0.2) is 4.98 Å². The van der Waals surface area contributed by atoms with Gasteiger partial charge < -0.3 is 14.5 Å². The van der Waals surface area contributed by atoms with Crippen molar-refractivity contribution in [2.45, 2.75) is 12.8 Å². The highest BCUT2D eigenvalue weighted by molar-refractivity contribution is 4.93. The Kier molecular flexibility index (Phi) is 5.20. The molecule has 1 aromatic rings.